The van der Waals surface area contributed by atoms with Crippen LogP contribution >= 0.6 is 0 Å². The number of rotatable bonds is 3. The summed E-state index contributed by atoms with van der Waals surface area (Å²) in [7, 11) is 1.17. The first-order valence-corrected chi connectivity index (χ1v) is 3.40. The number of ether oxygens (including phenoxy) is 1. The fourth-order valence-electron chi connectivity index (χ4n) is 0.660. The molecular formula is C7H14O4. The van der Waals surface area contributed by atoms with Crippen LogP contribution in [0.25, 0.3) is 0 Å². The van der Waals surface area contributed by atoms with Gasteiger partial charge in [-0.1, -0.05) is 13.8 Å². The van der Waals surface area contributed by atoms with Crippen LogP contribution in [-0.4, -0.2) is 35.5 Å². The van der Waals surface area contributed by atoms with Crippen molar-refractivity contribution >= 4 is 5.97 Å². The lowest BCUT2D eigenvalue weighted by molar-refractivity contribution is -0.172. The van der Waals surface area contributed by atoms with E-state index in [2.05, 4.69) is 4.74 Å². The van der Waals surface area contributed by atoms with Crippen molar-refractivity contribution < 1.29 is 19.7 Å². The molecule has 0 bridgehead atoms. The molecule has 0 aromatic heterocycles. The van der Waals surface area contributed by atoms with E-state index >= 15 is 0 Å². The molecule has 0 aliphatic rings. The Morgan fingerprint density at radius 1 is 1.64 bits per heavy atom. The topological polar surface area (TPSA) is 66.8 Å². The molecule has 0 fully saturated rings. The second-order valence-electron chi connectivity index (χ2n) is 2.73. The van der Waals surface area contributed by atoms with Crippen LogP contribution in [0.3, 0.4) is 0 Å². The molecule has 2 N–H and O–H groups in total. The molecule has 0 aromatic carbocycles. The first-order chi connectivity index (χ1) is 4.99. The third-order valence-electron chi connectivity index (χ3n) is 1.74. The molecule has 0 saturated heterocycles. The van der Waals surface area contributed by atoms with Gasteiger partial charge in [-0.3, -0.25) is 0 Å². The van der Waals surface area contributed by atoms with Gasteiger partial charge in [-0.05, 0) is 5.92 Å². The van der Waals surface area contributed by atoms with Crippen molar-refractivity contribution in [3.63, 3.8) is 0 Å². The standard InChI is InChI=1S/C7H14O4/c1-5(2)7(10,4-8)6(9)11-3/h5,8,10H,4H2,1-3H3. The Morgan fingerprint density at radius 2 is 2.09 bits per heavy atom. The van der Waals surface area contributed by atoms with Gasteiger partial charge in [0.2, 0.25) is 0 Å². The summed E-state index contributed by atoms with van der Waals surface area (Å²) in [5.41, 5.74) is -1.76. The highest BCUT2D eigenvalue weighted by Crippen LogP contribution is 2.17. The van der Waals surface area contributed by atoms with Crippen molar-refractivity contribution in [1.82, 2.24) is 0 Å². The molecule has 0 heterocycles. The van der Waals surface area contributed by atoms with E-state index in [0.717, 1.165) is 0 Å². The molecular weight excluding hydrogens is 148 g/mol. The minimum absolute atomic E-state index is 0.361. The minimum atomic E-state index is -1.76. The summed E-state index contributed by atoms with van der Waals surface area (Å²) in [6, 6.07) is 0. The van der Waals surface area contributed by atoms with Gasteiger partial charge in [-0.15, -0.1) is 0 Å². The van der Waals surface area contributed by atoms with Gasteiger partial charge in [-0.2, -0.15) is 0 Å². The first-order valence-electron chi connectivity index (χ1n) is 3.40. The van der Waals surface area contributed by atoms with Gasteiger partial charge >= 0.3 is 5.97 Å². The van der Waals surface area contributed by atoms with E-state index in [4.69, 9.17) is 5.11 Å². The number of carbonyl (C=O) groups excluding carboxylic acids is 1. The molecule has 4 heteroatoms. The summed E-state index contributed by atoms with van der Waals surface area (Å²) in [5, 5.41) is 18.1. The van der Waals surface area contributed by atoms with Crippen LogP contribution in [-0.2, 0) is 9.53 Å². The SMILES string of the molecule is COC(=O)C(O)(CO)C(C)C. The lowest BCUT2D eigenvalue weighted by atomic mass is 9.91. The van der Waals surface area contributed by atoms with Gasteiger partial charge < -0.3 is 14.9 Å². The van der Waals surface area contributed by atoms with Crippen LogP contribution < -0.4 is 0 Å². The Kier molecular flexibility index (Phi) is 3.48. The van der Waals surface area contributed by atoms with Crippen molar-refractivity contribution in [3.8, 4) is 0 Å². The summed E-state index contributed by atoms with van der Waals surface area (Å²) in [6.07, 6.45) is 0. The van der Waals surface area contributed by atoms with Crippen LogP contribution in [0, 0.1) is 5.92 Å². The van der Waals surface area contributed by atoms with E-state index in [1.807, 2.05) is 0 Å². The average molecular weight is 162 g/mol. The van der Waals surface area contributed by atoms with Crippen molar-refractivity contribution in [1.29, 1.82) is 0 Å². The van der Waals surface area contributed by atoms with E-state index in [9.17, 15) is 9.90 Å². The third-order valence-corrected chi connectivity index (χ3v) is 1.74. The molecule has 0 aromatic rings. The predicted octanol–water partition coefficient (Wildman–Crippen LogP) is -0.461. The van der Waals surface area contributed by atoms with Crippen LogP contribution in [0.4, 0.5) is 0 Å². The summed E-state index contributed by atoms with van der Waals surface area (Å²) < 4.78 is 4.32. The fraction of sp³-hybridized carbons (Fsp3) is 0.857. The van der Waals surface area contributed by atoms with E-state index in [0.29, 0.717) is 0 Å². The normalized spacial score (nSPS) is 16.2. The Hall–Kier alpha value is -0.610. The van der Waals surface area contributed by atoms with Gasteiger partial charge in [0.05, 0.1) is 13.7 Å². The molecule has 0 aliphatic heterocycles. The highest BCUT2D eigenvalue weighted by Gasteiger charge is 2.39. The molecule has 1 atom stereocenters. The molecule has 0 aliphatic carbocycles. The summed E-state index contributed by atoms with van der Waals surface area (Å²) >= 11 is 0. The average Bonchev–Trinajstić information content (AvgIpc) is 2.01. The number of aliphatic hydroxyl groups is 2. The van der Waals surface area contributed by atoms with Crippen LogP contribution in [0.5, 0.6) is 0 Å². The van der Waals surface area contributed by atoms with E-state index in [1.54, 1.807) is 13.8 Å². The fourth-order valence-corrected chi connectivity index (χ4v) is 0.660. The van der Waals surface area contributed by atoms with Crippen molar-refractivity contribution in [3.05, 3.63) is 0 Å². The van der Waals surface area contributed by atoms with E-state index in [1.165, 1.54) is 7.11 Å². The maximum Gasteiger partial charge on any atom is 0.340 e. The summed E-state index contributed by atoms with van der Waals surface area (Å²) in [5.74, 6) is -1.16. The molecule has 4 nitrogen and oxygen atoms in total. The molecule has 1 unspecified atom stereocenters. The van der Waals surface area contributed by atoms with Crippen LogP contribution in [0.2, 0.25) is 0 Å². The lowest BCUT2D eigenvalue weighted by Gasteiger charge is -2.26. The molecule has 0 spiro atoms. The zero-order chi connectivity index (χ0) is 9.07. The van der Waals surface area contributed by atoms with Gasteiger partial charge in [0, 0.05) is 0 Å². The Balaban J connectivity index is 4.45. The highest BCUT2D eigenvalue weighted by molar-refractivity contribution is 5.79. The highest BCUT2D eigenvalue weighted by atomic mass is 16.5. The molecule has 0 radical (unpaired) electrons. The number of hydrogen-bond donors (Lipinski definition) is 2. The zero-order valence-corrected chi connectivity index (χ0v) is 7.00. The quantitative estimate of drug-likeness (QED) is 0.551. The third kappa shape index (κ3) is 1.91. The Bertz CT molecular complexity index is 143. The van der Waals surface area contributed by atoms with Gasteiger partial charge in [0.1, 0.15) is 0 Å². The van der Waals surface area contributed by atoms with Crippen LogP contribution in [0.1, 0.15) is 13.8 Å². The first kappa shape index (κ1) is 10.4. The monoisotopic (exact) mass is 162 g/mol. The lowest BCUT2D eigenvalue weighted by Crippen LogP contribution is -2.47. The molecule has 0 saturated carbocycles. The minimum Gasteiger partial charge on any atom is -0.467 e. The van der Waals surface area contributed by atoms with Crippen molar-refractivity contribution in [2.24, 2.45) is 5.92 Å². The largest absolute Gasteiger partial charge is 0.467 e. The summed E-state index contributed by atoms with van der Waals surface area (Å²) in [4.78, 5) is 10.9. The van der Waals surface area contributed by atoms with Crippen molar-refractivity contribution in [2.75, 3.05) is 13.7 Å². The van der Waals surface area contributed by atoms with Gasteiger partial charge in [0.15, 0.2) is 5.60 Å². The molecule has 11 heavy (non-hydrogen) atoms. The molecule has 0 rings (SSSR count). The van der Waals surface area contributed by atoms with Gasteiger partial charge in [-0.25, -0.2) is 4.79 Å². The van der Waals surface area contributed by atoms with E-state index < -0.39 is 18.2 Å². The Labute approximate surface area is 65.8 Å². The smallest absolute Gasteiger partial charge is 0.340 e. The predicted molar refractivity (Wildman–Crippen MR) is 38.9 cm³/mol. The number of esters is 1. The number of aliphatic hydroxyl groups excluding tert-OH is 1. The number of carbonyl (C=O) groups is 1. The maximum atomic E-state index is 10.9. The second-order valence-corrected chi connectivity index (χ2v) is 2.73. The molecule has 0 amide bonds. The second kappa shape index (κ2) is 3.69. The molecule has 66 valence electrons. The Morgan fingerprint density at radius 3 is 2.18 bits per heavy atom. The van der Waals surface area contributed by atoms with Gasteiger partial charge in [0.25, 0.3) is 0 Å². The van der Waals surface area contributed by atoms with Crippen molar-refractivity contribution in [2.45, 2.75) is 19.4 Å². The zero-order valence-electron chi connectivity index (χ0n) is 7.00. The maximum absolute atomic E-state index is 10.9. The van der Waals surface area contributed by atoms with Crippen LogP contribution in [0.15, 0.2) is 0 Å². The summed E-state index contributed by atoms with van der Waals surface area (Å²) in [6.45, 7) is 2.65. The number of methoxy groups -OCH3 is 1. The van der Waals surface area contributed by atoms with E-state index in [-0.39, 0.29) is 5.92 Å². The number of hydrogen-bond acceptors (Lipinski definition) is 4.